The van der Waals surface area contributed by atoms with E-state index in [0.717, 1.165) is 12.7 Å². The molecule has 0 amide bonds. The maximum atomic E-state index is 11.9. The summed E-state index contributed by atoms with van der Waals surface area (Å²) in [7, 11) is 0. The standard InChI is InChI=1S/C9H9F3N2O3/c10-9(11,12)8(16)17-14-2-7(13-4-14)6-1-5(6)3-15/h2,4-6,15H,1,3H2. The Labute approximate surface area is 93.8 Å². The van der Waals surface area contributed by atoms with Gasteiger partial charge in [-0.15, -0.1) is 0 Å². The Morgan fingerprint density at radius 1 is 1.65 bits per heavy atom. The number of alkyl halides is 3. The summed E-state index contributed by atoms with van der Waals surface area (Å²) < 4.78 is 36.3. The fraction of sp³-hybridized carbons (Fsp3) is 0.556. The lowest BCUT2D eigenvalue weighted by Crippen LogP contribution is -2.32. The first-order chi connectivity index (χ1) is 7.91. The normalized spacial score (nSPS) is 23.5. The van der Waals surface area contributed by atoms with Crippen molar-refractivity contribution < 1.29 is 27.9 Å². The fourth-order valence-corrected chi connectivity index (χ4v) is 1.52. The number of hydrogen-bond acceptors (Lipinski definition) is 4. The van der Waals surface area contributed by atoms with Crippen molar-refractivity contribution in [2.45, 2.75) is 18.5 Å². The molecule has 1 aliphatic rings. The van der Waals surface area contributed by atoms with Crippen LogP contribution in [0.3, 0.4) is 0 Å². The third-order valence-electron chi connectivity index (χ3n) is 2.54. The van der Waals surface area contributed by atoms with Gasteiger partial charge >= 0.3 is 12.1 Å². The molecule has 94 valence electrons. The average Bonchev–Trinajstić information content (AvgIpc) is 2.90. The highest BCUT2D eigenvalue weighted by Gasteiger charge is 2.43. The van der Waals surface area contributed by atoms with E-state index in [0.29, 0.717) is 10.4 Å². The lowest BCUT2D eigenvalue weighted by Gasteiger charge is -2.05. The molecule has 8 heteroatoms. The number of rotatable bonds is 3. The summed E-state index contributed by atoms with van der Waals surface area (Å²) in [6.07, 6.45) is -2.09. The molecule has 1 fully saturated rings. The monoisotopic (exact) mass is 250 g/mol. The molecule has 1 aromatic rings. The van der Waals surface area contributed by atoms with Crippen molar-refractivity contribution in [2.24, 2.45) is 5.92 Å². The van der Waals surface area contributed by atoms with E-state index in [4.69, 9.17) is 5.11 Å². The quantitative estimate of drug-likeness (QED) is 0.848. The summed E-state index contributed by atoms with van der Waals surface area (Å²) in [6, 6.07) is 0. The summed E-state index contributed by atoms with van der Waals surface area (Å²) in [4.78, 5) is 18.4. The highest BCUT2D eigenvalue weighted by Crippen LogP contribution is 2.46. The Balaban J connectivity index is 1.98. The van der Waals surface area contributed by atoms with Crippen LogP contribution >= 0.6 is 0 Å². The SMILES string of the molecule is O=C(On1cnc(C2CC2CO)c1)C(F)(F)F. The number of aliphatic hydroxyl groups excluding tert-OH is 1. The van der Waals surface area contributed by atoms with Crippen LogP contribution in [0.2, 0.25) is 0 Å². The smallest absolute Gasteiger partial charge is 0.396 e. The summed E-state index contributed by atoms with van der Waals surface area (Å²) in [6.45, 7) is 0.0138. The number of halogens is 3. The highest BCUT2D eigenvalue weighted by molar-refractivity contribution is 5.75. The zero-order valence-corrected chi connectivity index (χ0v) is 8.52. The number of carbonyl (C=O) groups excluding carboxylic acids is 1. The Bertz CT molecular complexity index is 429. The lowest BCUT2D eigenvalue weighted by molar-refractivity contribution is -0.199. The molecule has 0 radical (unpaired) electrons. The summed E-state index contributed by atoms with van der Waals surface area (Å²) in [5, 5.41) is 8.83. The van der Waals surface area contributed by atoms with Gasteiger partial charge in [0.25, 0.3) is 0 Å². The first kappa shape index (κ1) is 11.9. The minimum Gasteiger partial charge on any atom is -0.396 e. The molecule has 2 unspecified atom stereocenters. The zero-order chi connectivity index (χ0) is 12.6. The number of imidazole rings is 1. The molecule has 17 heavy (non-hydrogen) atoms. The van der Waals surface area contributed by atoms with Crippen LogP contribution in [0.1, 0.15) is 18.0 Å². The van der Waals surface area contributed by atoms with Crippen molar-refractivity contribution in [2.75, 3.05) is 6.61 Å². The molecule has 1 aromatic heterocycles. The lowest BCUT2D eigenvalue weighted by atomic mass is 10.2. The van der Waals surface area contributed by atoms with Crippen LogP contribution in [0.4, 0.5) is 13.2 Å². The number of carbonyl (C=O) groups is 1. The highest BCUT2D eigenvalue weighted by atomic mass is 19.4. The van der Waals surface area contributed by atoms with Gasteiger partial charge in [-0.1, -0.05) is 0 Å². The van der Waals surface area contributed by atoms with E-state index >= 15 is 0 Å². The van der Waals surface area contributed by atoms with Crippen molar-refractivity contribution in [1.82, 2.24) is 9.71 Å². The minimum atomic E-state index is -5.03. The molecule has 1 aliphatic carbocycles. The molecular weight excluding hydrogens is 241 g/mol. The predicted molar refractivity (Wildman–Crippen MR) is 47.8 cm³/mol. The molecule has 0 saturated heterocycles. The number of aliphatic hydroxyl groups is 1. The second-order valence-corrected chi connectivity index (χ2v) is 3.82. The Morgan fingerprint density at radius 2 is 2.35 bits per heavy atom. The minimum absolute atomic E-state index is 0.0138. The summed E-state index contributed by atoms with van der Waals surface area (Å²) in [5.74, 6) is -2.17. The Kier molecular flexibility index (Phi) is 2.82. The van der Waals surface area contributed by atoms with Crippen molar-refractivity contribution in [3.05, 3.63) is 18.2 Å². The number of hydrogen-bond donors (Lipinski definition) is 1. The molecule has 0 aliphatic heterocycles. The van der Waals surface area contributed by atoms with Gasteiger partial charge in [0.05, 0.1) is 11.9 Å². The summed E-state index contributed by atoms with van der Waals surface area (Å²) >= 11 is 0. The van der Waals surface area contributed by atoms with Crippen LogP contribution in [0, 0.1) is 5.92 Å². The Morgan fingerprint density at radius 3 is 2.88 bits per heavy atom. The van der Waals surface area contributed by atoms with Crippen molar-refractivity contribution >= 4 is 5.97 Å². The molecule has 0 spiro atoms. The van der Waals surface area contributed by atoms with Crippen LogP contribution in [-0.4, -0.2) is 33.6 Å². The van der Waals surface area contributed by atoms with E-state index in [9.17, 15) is 18.0 Å². The second-order valence-electron chi connectivity index (χ2n) is 3.82. The van der Waals surface area contributed by atoms with E-state index in [1.54, 1.807) is 0 Å². The van der Waals surface area contributed by atoms with Crippen LogP contribution < -0.4 is 4.84 Å². The average molecular weight is 250 g/mol. The van der Waals surface area contributed by atoms with Gasteiger partial charge < -0.3 is 9.94 Å². The topological polar surface area (TPSA) is 64.4 Å². The number of nitrogens with zero attached hydrogens (tertiary/aromatic N) is 2. The van der Waals surface area contributed by atoms with Crippen LogP contribution in [0.25, 0.3) is 0 Å². The van der Waals surface area contributed by atoms with E-state index in [1.165, 1.54) is 6.20 Å². The van der Waals surface area contributed by atoms with E-state index < -0.39 is 12.1 Å². The van der Waals surface area contributed by atoms with Gasteiger partial charge in [-0.2, -0.15) is 17.9 Å². The fourth-order valence-electron chi connectivity index (χ4n) is 1.52. The second kappa shape index (κ2) is 4.02. The zero-order valence-electron chi connectivity index (χ0n) is 8.52. The molecule has 2 rings (SSSR count). The van der Waals surface area contributed by atoms with Crippen molar-refractivity contribution in [1.29, 1.82) is 0 Å². The molecule has 1 saturated carbocycles. The van der Waals surface area contributed by atoms with Crippen molar-refractivity contribution in [3.63, 3.8) is 0 Å². The van der Waals surface area contributed by atoms with Gasteiger partial charge in [0.2, 0.25) is 0 Å². The van der Waals surface area contributed by atoms with Crippen LogP contribution in [0.15, 0.2) is 12.5 Å². The van der Waals surface area contributed by atoms with E-state index in [2.05, 4.69) is 9.82 Å². The maximum Gasteiger partial charge on any atom is 0.493 e. The van der Waals surface area contributed by atoms with Crippen LogP contribution in [-0.2, 0) is 4.79 Å². The van der Waals surface area contributed by atoms with Crippen molar-refractivity contribution in [3.8, 4) is 0 Å². The molecular formula is C9H9F3N2O3. The molecule has 1 heterocycles. The Hall–Kier alpha value is -1.57. The molecule has 2 atom stereocenters. The molecule has 0 aromatic carbocycles. The van der Waals surface area contributed by atoms with Gasteiger partial charge in [0, 0.05) is 12.5 Å². The van der Waals surface area contributed by atoms with Gasteiger partial charge in [-0.05, 0) is 12.3 Å². The van der Waals surface area contributed by atoms with Gasteiger partial charge in [0.1, 0.15) is 6.33 Å². The first-order valence-electron chi connectivity index (χ1n) is 4.86. The summed E-state index contributed by atoms with van der Waals surface area (Å²) in [5.41, 5.74) is 0.513. The van der Waals surface area contributed by atoms with Crippen LogP contribution in [0.5, 0.6) is 0 Å². The third kappa shape index (κ3) is 2.57. The molecule has 0 bridgehead atoms. The van der Waals surface area contributed by atoms with E-state index in [1.807, 2.05) is 0 Å². The third-order valence-corrected chi connectivity index (χ3v) is 2.54. The predicted octanol–water partition coefficient (Wildman–Crippen LogP) is 0.496. The maximum absolute atomic E-state index is 11.9. The molecule has 5 nitrogen and oxygen atoms in total. The number of aromatic nitrogens is 2. The van der Waals surface area contributed by atoms with Gasteiger partial charge in [-0.3, -0.25) is 0 Å². The van der Waals surface area contributed by atoms with Gasteiger partial charge in [-0.25, -0.2) is 9.78 Å². The first-order valence-corrected chi connectivity index (χ1v) is 4.86. The molecule has 1 N–H and O–H groups in total. The largest absolute Gasteiger partial charge is 0.493 e. The van der Waals surface area contributed by atoms with Gasteiger partial charge in [0.15, 0.2) is 0 Å². The van der Waals surface area contributed by atoms with E-state index in [-0.39, 0.29) is 18.4 Å².